The normalized spacial score (nSPS) is 19.9. The van der Waals surface area contributed by atoms with Crippen LogP contribution in [0.3, 0.4) is 0 Å². The van der Waals surface area contributed by atoms with Crippen LogP contribution >= 0.6 is 0 Å². The molecule has 2 rings (SSSR count). The number of hydrogen-bond donors (Lipinski definition) is 2. The van der Waals surface area contributed by atoms with Crippen molar-refractivity contribution in [3.8, 4) is 0 Å². The van der Waals surface area contributed by atoms with Gasteiger partial charge in [-0.3, -0.25) is 4.79 Å². The van der Waals surface area contributed by atoms with Crippen molar-refractivity contribution in [3.05, 3.63) is 35.4 Å². The van der Waals surface area contributed by atoms with E-state index in [1.807, 2.05) is 31.2 Å². The van der Waals surface area contributed by atoms with Crippen LogP contribution in [0.2, 0.25) is 0 Å². The summed E-state index contributed by atoms with van der Waals surface area (Å²) in [7, 11) is 0. The molecule has 1 aliphatic heterocycles. The van der Waals surface area contributed by atoms with Crippen LogP contribution in [-0.4, -0.2) is 32.2 Å². The van der Waals surface area contributed by atoms with Crippen molar-refractivity contribution in [2.24, 2.45) is 0 Å². The molecular formula is C13H18N2O2. The second-order valence-electron chi connectivity index (χ2n) is 4.07. The Morgan fingerprint density at radius 3 is 3.18 bits per heavy atom. The van der Waals surface area contributed by atoms with Gasteiger partial charge in [-0.1, -0.05) is 12.1 Å². The van der Waals surface area contributed by atoms with Gasteiger partial charge in [0, 0.05) is 18.7 Å². The summed E-state index contributed by atoms with van der Waals surface area (Å²) in [6.45, 7) is 4.84. The van der Waals surface area contributed by atoms with Gasteiger partial charge >= 0.3 is 0 Å². The summed E-state index contributed by atoms with van der Waals surface area (Å²) in [5, 5.41) is 6.18. The van der Waals surface area contributed by atoms with Gasteiger partial charge < -0.3 is 15.4 Å². The highest BCUT2D eigenvalue weighted by Gasteiger charge is 2.16. The van der Waals surface area contributed by atoms with E-state index in [0.29, 0.717) is 18.7 Å². The van der Waals surface area contributed by atoms with E-state index in [1.54, 1.807) is 0 Å². The van der Waals surface area contributed by atoms with Gasteiger partial charge in [-0.05, 0) is 24.6 Å². The van der Waals surface area contributed by atoms with Gasteiger partial charge in [-0.25, -0.2) is 0 Å². The van der Waals surface area contributed by atoms with E-state index in [2.05, 4.69) is 10.6 Å². The molecule has 0 saturated carbocycles. The van der Waals surface area contributed by atoms with E-state index in [1.165, 1.54) is 0 Å². The molecule has 1 aromatic carbocycles. The summed E-state index contributed by atoms with van der Waals surface area (Å²) >= 11 is 0. The quantitative estimate of drug-likeness (QED) is 0.823. The molecule has 0 radical (unpaired) electrons. The molecule has 92 valence electrons. The van der Waals surface area contributed by atoms with Crippen LogP contribution < -0.4 is 10.6 Å². The third-order valence-corrected chi connectivity index (χ3v) is 2.81. The molecule has 1 atom stereocenters. The zero-order chi connectivity index (χ0) is 12.1. The molecule has 0 aromatic heterocycles. The lowest BCUT2D eigenvalue weighted by Crippen LogP contribution is -2.34. The number of morpholine rings is 1. The SMILES string of the molecule is CCNC(=O)c1cccc(C2COCCN2)c1. The number of ether oxygens (including phenoxy) is 1. The monoisotopic (exact) mass is 234 g/mol. The minimum atomic E-state index is -0.0222. The van der Waals surface area contributed by atoms with E-state index in [9.17, 15) is 4.79 Å². The molecule has 4 heteroatoms. The van der Waals surface area contributed by atoms with Crippen molar-refractivity contribution in [2.45, 2.75) is 13.0 Å². The zero-order valence-corrected chi connectivity index (χ0v) is 10.0. The maximum Gasteiger partial charge on any atom is 0.251 e. The molecule has 17 heavy (non-hydrogen) atoms. The molecule has 1 aliphatic rings. The molecule has 1 fully saturated rings. The van der Waals surface area contributed by atoms with E-state index in [-0.39, 0.29) is 11.9 Å². The summed E-state index contributed by atoms with van der Waals surface area (Å²) in [6.07, 6.45) is 0. The number of carbonyl (C=O) groups excluding carboxylic acids is 1. The van der Waals surface area contributed by atoms with Crippen molar-refractivity contribution in [1.29, 1.82) is 0 Å². The predicted octanol–water partition coefficient (Wildman–Crippen LogP) is 1.10. The fourth-order valence-corrected chi connectivity index (χ4v) is 1.94. The third-order valence-electron chi connectivity index (χ3n) is 2.81. The Bertz CT molecular complexity index is 387. The average Bonchev–Trinajstić information content (AvgIpc) is 2.40. The standard InChI is InChI=1S/C13H18N2O2/c1-2-14-13(16)11-5-3-4-10(8-11)12-9-17-7-6-15-12/h3-5,8,12,15H,2,6-7,9H2,1H3,(H,14,16). The van der Waals surface area contributed by atoms with Crippen molar-refractivity contribution < 1.29 is 9.53 Å². The summed E-state index contributed by atoms with van der Waals surface area (Å²) < 4.78 is 5.42. The van der Waals surface area contributed by atoms with E-state index in [0.717, 1.165) is 18.7 Å². The first kappa shape index (κ1) is 12.1. The topological polar surface area (TPSA) is 50.4 Å². The molecule has 0 aliphatic carbocycles. The highest BCUT2D eigenvalue weighted by atomic mass is 16.5. The van der Waals surface area contributed by atoms with Crippen molar-refractivity contribution >= 4 is 5.91 Å². The molecule has 0 bridgehead atoms. The van der Waals surface area contributed by atoms with Crippen LogP contribution in [-0.2, 0) is 4.74 Å². The zero-order valence-electron chi connectivity index (χ0n) is 10.0. The van der Waals surface area contributed by atoms with E-state index >= 15 is 0 Å². The van der Waals surface area contributed by atoms with Gasteiger partial charge in [0.15, 0.2) is 0 Å². The van der Waals surface area contributed by atoms with Gasteiger partial charge in [-0.15, -0.1) is 0 Å². The number of rotatable bonds is 3. The van der Waals surface area contributed by atoms with Crippen LogP contribution in [0.15, 0.2) is 24.3 Å². The van der Waals surface area contributed by atoms with Gasteiger partial charge in [0.05, 0.1) is 19.3 Å². The Labute approximate surface area is 101 Å². The van der Waals surface area contributed by atoms with Gasteiger partial charge in [0.25, 0.3) is 5.91 Å². The Balaban J connectivity index is 2.12. The molecule has 1 heterocycles. The van der Waals surface area contributed by atoms with Crippen LogP contribution in [0.4, 0.5) is 0 Å². The van der Waals surface area contributed by atoms with Crippen LogP contribution in [0.5, 0.6) is 0 Å². The second kappa shape index (κ2) is 5.80. The van der Waals surface area contributed by atoms with Crippen molar-refractivity contribution in [3.63, 3.8) is 0 Å². The van der Waals surface area contributed by atoms with E-state index < -0.39 is 0 Å². The lowest BCUT2D eigenvalue weighted by atomic mass is 10.0. The lowest BCUT2D eigenvalue weighted by molar-refractivity contribution is 0.0768. The van der Waals surface area contributed by atoms with Crippen LogP contribution in [0, 0.1) is 0 Å². The molecule has 1 unspecified atom stereocenters. The number of nitrogens with one attached hydrogen (secondary N) is 2. The molecule has 1 aromatic rings. The third kappa shape index (κ3) is 3.05. The van der Waals surface area contributed by atoms with Gasteiger partial charge in [0.2, 0.25) is 0 Å². The molecule has 1 saturated heterocycles. The lowest BCUT2D eigenvalue weighted by Gasteiger charge is -2.24. The van der Waals surface area contributed by atoms with Gasteiger partial charge in [-0.2, -0.15) is 0 Å². The Morgan fingerprint density at radius 1 is 1.59 bits per heavy atom. The van der Waals surface area contributed by atoms with Crippen molar-refractivity contribution in [2.75, 3.05) is 26.3 Å². The fraction of sp³-hybridized carbons (Fsp3) is 0.462. The number of amides is 1. The largest absolute Gasteiger partial charge is 0.378 e. The van der Waals surface area contributed by atoms with Crippen LogP contribution in [0.1, 0.15) is 28.9 Å². The highest BCUT2D eigenvalue weighted by molar-refractivity contribution is 5.94. The fourth-order valence-electron chi connectivity index (χ4n) is 1.94. The first-order valence-corrected chi connectivity index (χ1v) is 6.00. The Kier molecular flexibility index (Phi) is 4.12. The molecule has 4 nitrogen and oxygen atoms in total. The van der Waals surface area contributed by atoms with E-state index in [4.69, 9.17) is 4.74 Å². The smallest absolute Gasteiger partial charge is 0.251 e. The average molecular weight is 234 g/mol. The summed E-state index contributed by atoms with van der Waals surface area (Å²) in [4.78, 5) is 11.7. The Hall–Kier alpha value is -1.39. The predicted molar refractivity (Wildman–Crippen MR) is 66.0 cm³/mol. The Morgan fingerprint density at radius 2 is 2.47 bits per heavy atom. The van der Waals surface area contributed by atoms with Crippen molar-refractivity contribution in [1.82, 2.24) is 10.6 Å². The molecule has 0 spiro atoms. The molecule has 1 amide bonds. The summed E-state index contributed by atoms with van der Waals surface area (Å²) in [6, 6.07) is 7.89. The minimum absolute atomic E-state index is 0.0222. The number of hydrogen-bond acceptors (Lipinski definition) is 3. The number of carbonyl (C=O) groups is 1. The summed E-state index contributed by atoms with van der Waals surface area (Å²) in [5.41, 5.74) is 1.81. The van der Waals surface area contributed by atoms with Gasteiger partial charge in [0.1, 0.15) is 0 Å². The maximum absolute atomic E-state index is 11.7. The first-order chi connectivity index (χ1) is 8.31. The number of benzene rings is 1. The molecule has 2 N–H and O–H groups in total. The summed E-state index contributed by atoms with van der Waals surface area (Å²) in [5.74, 6) is -0.0222. The van der Waals surface area contributed by atoms with Crippen LogP contribution in [0.25, 0.3) is 0 Å². The maximum atomic E-state index is 11.7. The molecular weight excluding hydrogens is 216 g/mol. The highest BCUT2D eigenvalue weighted by Crippen LogP contribution is 2.17. The minimum Gasteiger partial charge on any atom is -0.378 e. The second-order valence-corrected chi connectivity index (χ2v) is 4.07. The first-order valence-electron chi connectivity index (χ1n) is 6.00.